The summed E-state index contributed by atoms with van der Waals surface area (Å²) in [7, 11) is 0. The number of hydrogen-bond acceptors (Lipinski definition) is 2. The number of carbonyl (C=O) groups is 1. The second kappa shape index (κ2) is 6.15. The molecule has 2 rings (SSSR count). The van der Waals surface area contributed by atoms with E-state index in [2.05, 4.69) is 0 Å². The Morgan fingerprint density at radius 3 is 2.63 bits per heavy atom. The third-order valence-corrected chi connectivity index (χ3v) is 4.00. The smallest absolute Gasteiger partial charge is 0.230 e. The zero-order valence-corrected chi connectivity index (χ0v) is 11.3. The molecular formula is C15H21FN2O. The van der Waals surface area contributed by atoms with Gasteiger partial charge in [0.05, 0.1) is 0 Å². The van der Waals surface area contributed by atoms with Gasteiger partial charge in [-0.1, -0.05) is 6.42 Å². The lowest BCUT2D eigenvalue weighted by molar-refractivity contribution is -0.123. The molecule has 1 aliphatic rings. The normalized spacial score (nSPS) is 22.5. The summed E-state index contributed by atoms with van der Waals surface area (Å²) in [4.78, 5) is 14.3. The summed E-state index contributed by atoms with van der Waals surface area (Å²) in [5, 5.41) is 0. The number of rotatable bonds is 4. The van der Waals surface area contributed by atoms with Crippen LogP contribution in [0.5, 0.6) is 0 Å². The fourth-order valence-electron chi connectivity index (χ4n) is 2.93. The minimum absolute atomic E-state index is 0.0232. The molecule has 0 aliphatic heterocycles. The van der Waals surface area contributed by atoms with Crippen molar-refractivity contribution in [2.24, 2.45) is 17.6 Å². The van der Waals surface area contributed by atoms with Crippen molar-refractivity contribution in [2.45, 2.75) is 26.2 Å². The Morgan fingerprint density at radius 2 is 2.05 bits per heavy atom. The van der Waals surface area contributed by atoms with Gasteiger partial charge in [-0.15, -0.1) is 0 Å². The number of halogens is 1. The van der Waals surface area contributed by atoms with E-state index in [0.717, 1.165) is 24.9 Å². The molecule has 0 bridgehead atoms. The molecule has 0 spiro atoms. The van der Waals surface area contributed by atoms with Crippen LogP contribution in [0.15, 0.2) is 24.3 Å². The number of amides is 1. The van der Waals surface area contributed by atoms with Gasteiger partial charge in [0, 0.05) is 18.2 Å². The number of nitrogens with zero attached hydrogens (tertiary/aromatic N) is 1. The fraction of sp³-hybridized carbons (Fsp3) is 0.533. The molecule has 104 valence electrons. The molecule has 4 heteroatoms. The minimum Gasteiger partial charge on any atom is -0.330 e. The maximum atomic E-state index is 13.0. The van der Waals surface area contributed by atoms with Gasteiger partial charge in [0.15, 0.2) is 0 Å². The van der Waals surface area contributed by atoms with Gasteiger partial charge in [-0.2, -0.15) is 0 Å². The summed E-state index contributed by atoms with van der Waals surface area (Å²) >= 11 is 0. The van der Waals surface area contributed by atoms with Crippen LogP contribution in [-0.4, -0.2) is 19.0 Å². The van der Waals surface area contributed by atoms with E-state index in [4.69, 9.17) is 5.73 Å². The van der Waals surface area contributed by atoms with E-state index >= 15 is 0 Å². The molecule has 1 saturated carbocycles. The van der Waals surface area contributed by atoms with Crippen molar-refractivity contribution in [1.29, 1.82) is 0 Å². The lowest BCUT2D eigenvalue weighted by Gasteiger charge is -2.27. The predicted molar refractivity (Wildman–Crippen MR) is 74.3 cm³/mol. The van der Waals surface area contributed by atoms with Crippen LogP contribution in [0.3, 0.4) is 0 Å². The van der Waals surface area contributed by atoms with Crippen LogP contribution < -0.4 is 10.6 Å². The first-order valence-electron chi connectivity index (χ1n) is 6.94. The molecule has 1 fully saturated rings. The molecule has 0 radical (unpaired) electrons. The van der Waals surface area contributed by atoms with Crippen molar-refractivity contribution in [3.8, 4) is 0 Å². The lowest BCUT2D eigenvalue weighted by atomic mass is 9.94. The SMILES string of the molecule is CCN(C(=O)C1CCCC1CN)c1ccc(F)cc1. The maximum Gasteiger partial charge on any atom is 0.230 e. The summed E-state index contributed by atoms with van der Waals surface area (Å²) in [6, 6.07) is 6.09. The Labute approximate surface area is 113 Å². The van der Waals surface area contributed by atoms with Gasteiger partial charge in [-0.25, -0.2) is 4.39 Å². The third kappa shape index (κ3) is 2.95. The molecule has 2 unspecified atom stereocenters. The standard InChI is InChI=1S/C15H21FN2O/c1-2-18(13-8-6-12(16)7-9-13)15(19)14-5-3-4-11(14)10-17/h6-9,11,14H,2-5,10,17H2,1H3. The van der Waals surface area contributed by atoms with Crippen molar-refractivity contribution >= 4 is 11.6 Å². The lowest BCUT2D eigenvalue weighted by Crippen LogP contribution is -2.39. The van der Waals surface area contributed by atoms with Crippen LogP contribution in [0, 0.1) is 17.7 Å². The van der Waals surface area contributed by atoms with Gasteiger partial charge in [0.2, 0.25) is 5.91 Å². The summed E-state index contributed by atoms with van der Waals surface area (Å²) in [5.74, 6) is 0.159. The van der Waals surface area contributed by atoms with Crippen LogP contribution >= 0.6 is 0 Å². The van der Waals surface area contributed by atoms with E-state index in [1.807, 2.05) is 6.92 Å². The molecule has 0 saturated heterocycles. The Balaban J connectivity index is 2.17. The van der Waals surface area contributed by atoms with Crippen molar-refractivity contribution in [2.75, 3.05) is 18.0 Å². The second-order valence-electron chi connectivity index (χ2n) is 5.09. The summed E-state index contributed by atoms with van der Waals surface area (Å²) in [6.45, 7) is 3.10. The third-order valence-electron chi connectivity index (χ3n) is 4.00. The largest absolute Gasteiger partial charge is 0.330 e. The highest BCUT2D eigenvalue weighted by atomic mass is 19.1. The highest BCUT2D eigenvalue weighted by molar-refractivity contribution is 5.95. The zero-order chi connectivity index (χ0) is 13.8. The summed E-state index contributed by atoms with van der Waals surface area (Å²) in [5.41, 5.74) is 6.50. The first kappa shape index (κ1) is 14.0. The number of hydrogen-bond donors (Lipinski definition) is 1. The molecule has 3 nitrogen and oxygen atoms in total. The molecule has 1 amide bonds. The van der Waals surface area contributed by atoms with E-state index in [1.54, 1.807) is 17.0 Å². The number of nitrogens with two attached hydrogens (primary N) is 1. The van der Waals surface area contributed by atoms with Crippen LogP contribution in [0.25, 0.3) is 0 Å². The monoisotopic (exact) mass is 264 g/mol. The van der Waals surface area contributed by atoms with Crippen molar-refractivity contribution in [3.63, 3.8) is 0 Å². The average Bonchev–Trinajstić information content (AvgIpc) is 2.90. The zero-order valence-electron chi connectivity index (χ0n) is 11.3. The summed E-state index contributed by atoms with van der Waals surface area (Å²) < 4.78 is 13.0. The van der Waals surface area contributed by atoms with Gasteiger partial charge in [0.25, 0.3) is 0 Å². The quantitative estimate of drug-likeness (QED) is 0.908. The number of anilines is 1. The maximum absolute atomic E-state index is 13.0. The topological polar surface area (TPSA) is 46.3 Å². The van der Waals surface area contributed by atoms with Crippen LogP contribution in [0.2, 0.25) is 0 Å². The van der Waals surface area contributed by atoms with Gasteiger partial charge in [-0.3, -0.25) is 4.79 Å². The molecule has 2 N–H and O–H groups in total. The fourth-order valence-corrected chi connectivity index (χ4v) is 2.93. The average molecular weight is 264 g/mol. The van der Waals surface area contributed by atoms with Gasteiger partial charge >= 0.3 is 0 Å². The van der Waals surface area contributed by atoms with Gasteiger partial charge in [0.1, 0.15) is 5.82 Å². The van der Waals surface area contributed by atoms with E-state index in [1.165, 1.54) is 12.1 Å². The van der Waals surface area contributed by atoms with Gasteiger partial charge < -0.3 is 10.6 Å². The molecule has 0 heterocycles. The van der Waals surface area contributed by atoms with E-state index < -0.39 is 0 Å². The molecule has 1 aliphatic carbocycles. The van der Waals surface area contributed by atoms with E-state index in [0.29, 0.717) is 19.0 Å². The van der Waals surface area contributed by atoms with Gasteiger partial charge in [-0.05, 0) is 56.5 Å². The van der Waals surface area contributed by atoms with E-state index in [9.17, 15) is 9.18 Å². The van der Waals surface area contributed by atoms with E-state index in [-0.39, 0.29) is 17.6 Å². The second-order valence-corrected chi connectivity index (χ2v) is 5.09. The molecular weight excluding hydrogens is 243 g/mol. The number of carbonyl (C=O) groups excluding carboxylic acids is 1. The molecule has 2 atom stereocenters. The molecule has 0 aromatic heterocycles. The van der Waals surface area contributed by atoms with Crippen LogP contribution in [-0.2, 0) is 4.79 Å². The van der Waals surface area contributed by atoms with Crippen LogP contribution in [0.1, 0.15) is 26.2 Å². The predicted octanol–water partition coefficient (Wildman–Crippen LogP) is 2.55. The first-order chi connectivity index (χ1) is 9.17. The highest BCUT2D eigenvalue weighted by Gasteiger charge is 2.34. The molecule has 1 aromatic carbocycles. The van der Waals surface area contributed by atoms with Crippen molar-refractivity contribution in [3.05, 3.63) is 30.1 Å². The Kier molecular flexibility index (Phi) is 4.53. The van der Waals surface area contributed by atoms with Crippen molar-refractivity contribution < 1.29 is 9.18 Å². The summed E-state index contributed by atoms with van der Waals surface area (Å²) in [6.07, 6.45) is 3.02. The first-order valence-corrected chi connectivity index (χ1v) is 6.94. The highest BCUT2D eigenvalue weighted by Crippen LogP contribution is 2.33. The Bertz CT molecular complexity index is 432. The van der Waals surface area contributed by atoms with Crippen molar-refractivity contribution in [1.82, 2.24) is 0 Å². The Hall–Kier alpha value is -1.42. The number of benzene rings is 1. The van der Waals surface area contributed by atoms with Crippen LogP contribution in [0.4, 0.5) is 10.1 Å². The minimum atomic E-state index is -0.284. The molecule has 1 aromatic rings. The molecule has 19 heavy (non-hydrogen) atoms. The Morgan fingerprint density at radius 1 is 1.37 bits per heavy atom.